The van der Waals surface area contributed by atoms with Crippen molar-refractivity contribution in [3.05, 3.63) is 58.1 Å². The summed E-state index contributed by atoms with van der Waals surface area (Å²) in [6, 6.07) is 10.5. The Kier molecular flexibility index (Phi) is 4.00. The second-order valence-electron chi connectivity index (χ2n) is 5.58. The molecule has 6 heteroatoms. The van der Waals surface area contributed by atoms with Crippen LogP contribution in [0.2, 0.25) is 0 Å². The van der Waals surface area contributed by atoms with Crippen molar-refractivity contribution in [1.29, 1.82) is 0 Å². The van der Waals surface area contributed by atoms with Gasteiger partial charge in [-0.2, -0.15) is 0 Å². The van der Waals surface area contributed by atoms with E-state index in [-0.39, 0.29) is 6.04 Å². The number of anilines is 1. The Morgan fingerprint density at radius 3 is 2.67 bits per heavy atom. The van der Waals surface area contributed by atoms with Crippen LogP contribution in [0.15, 0.2) is 47.4 Å². The van der Waals surface area contributed by atoms with Gasteiger partial charge in [0, 0.05) is 22.0 Å². The van der Waals surface area contributed by atoms with Crippen LogP contribution in [-0.4, -0.2) is 15.0 Å². The van der Waals surface area contributed by atoms with Gasteiger partial charge in [0.2, 0.25) is 0 Å². The van der Waals surface area contributed by atoms with Gasteiger partial charge in [0.05, 0.1) is 16.9 Å². The minimum atomic E-state index is 0.151. The third kappa shape index (κ3) is 2.79. The van der Waals surface area contributed by atoms with Gasteiger partial charge < -0.3 is 5.32 Å². The predicted octanol–water partition coefficient (Wildman–Crippen LogP) is 5.30. The van der Waals surface area contributed by atoms with Gasteiger partial charge in [-0.1, -0.05) is 30.3 Å². The molecular formula is C18H16N4S2. The molecule has 1 N–H and O–H groups in total. The largest absolute Gasteiger partial charge is 0.362 e. The lowest BCUT2D eigenvalue weighted by molar-refractivity contribution is 0.889. The van der Waals surface area contributed by atoms with Crippen molar-refractivity contribution in [2.75, 3.05) is 5.32 Å². The number of fused-ring (bicyclic) bond motifs is 1. The van der Waals surface area contributed by atoms with E-state index in [2.05, 4.69) is 56.8 Å². The fourth-order valence-corrected chi connectivity index (χ4v) is 4.32. The average molecular weight is 352 g/mol. The standard InChI is InChI=1S/C18H16N4S2/c1-11(15-8-19-10-24-15)20-17-16-14(13-6-4-3-5-7-13)9-23-18(16)22-12(2)21-17/h3-11H,1-2H3,(H,20,21,22)/t11-/m0/s1. The Labute approximate surface area is 148 Å². The molecule has 0 amide bonds. The molecule has 24 heavy (non-hydrogen) atoms. The van der Waals surface area contributed by atoms with Gasteiger partial charge in [-0.25, -0.2) is 9.97 Å². The molecule has 1 atom stereocenters. The van der Waals surface area contributed by atoms with Crippen molar-refractivity contribution in [3.8, 4) is 11.1 Å². The van der Waals surface area contributed by atoms with Gasteiger partial charge in [0.25, 0.3) is 0 Å². The summed E-state index contributed by atoms with van der Waals surface area (Å²) in [7, 11) is 0. The van der Waals surface area contributed by atoms with E-state index in [0.717, 1.165) is 21.9 Å². The van der Waals surface area contributed by atoms with Crippen LogP contribution >= 0.6 is 22.7 Å². The number of nitrogens with one attached hydrogen (secondary N) is 1. The lowest BCUT2D eigenvalue weighted by Crippen LogP contribution is -2.08. The molecule has 4 nitrogen and oxygen atoms in total. The first-order valence-corrected chi connectivity index (χ1v) is 9.44. The van der Waals surface area contributed by atoms with Gasteiger partial charge in [-0.05, 0) is 19.4 Å². The van der Waals surface area contributed by atoms with E-state index in [1.165, 1.54) is 16.0 Å². The summed E-state index contributed by atoms with van der Waals surface area (Å²) in [6.07, 6.45) is 1.90. The van der Waals surface area contributed by atoms with E-state index in [9.17, 15) is 0 Å². The molecule has 0 spiro atoms. The number of hydrogen-bond acceptors (Lipinski definition) is 6. The zero-order chi connectivity index (χ0) is 16.5. The quantitative estimate of drug-likeness (QED) is 0.542. The van der Waals surface area contributed by atoms with Crippen molar-refractivity contribution < 1.29 is 0 Å². The summed E-state index contributed by atoms with van der Waals surface area (Å²) in [5.74, 6) is 1.67. The van der Waals surface area contributed by atoms with Gasteiger partial charge >= 0.3 is 0 Å². The number of hydrogen-bond donors (Lipinski definition) is 1. The number of rotatable bonds is 4. The molecule has 0 aliphatic carbocycles. The van der Waals surface area contributed by atoms with Gasteiger partial charge in [0.1, 0.15) is 16.5 Å². The monoisotopic (exact) mass is 352 g/mol. The summed E-state index contributed by atoms with van der Waals surface area (Å²) in [5, 5.41) is 6.80. The van der Waals surface area contributed by atoms with Crippen molar-refractivity contribution >= 4 is 38.7 Å². The highest BCUT2D eigenvalue weighted by molar-refractivity contribution is 7.17. The highest BCUT2D eigenvalue weighted by Gasteiger charge is 2.16. The fraction of sp³-hybridized carbons (Fsp3) is 0.167. The van der Waals surface area contributed by atoms with Crippen molar-refractivity contribution in [2.45, 2.75) is 19.9 Å². The van der Waals surface area contributed by atoms with Gasteiger partial charge in [-0.15, -0.1) is 22.7 Å². The summed E-state index contributed by atoms with van der Waals surface area (Å²) in [6.45, 7) is 4.06. The third-order valence-electron chi connectivity index (χ3n) is 3.86. The van der Waals surface area contributed by atoms with Crippen LogP contribution in [0.1, 0.15) is 23.7 Å². The lowest BCUT2D eigenvalue weighted by Gasteiger charge is -2.14. The molecule has 0 aliphatic rings. The molecule has 0 aliphatic heterocycles. The van der Waals surface area contributed by atoms with Gasteiger partial charge in [0.15, 0.2) is 0 Å². The molecule has 1 aromatic carbocycles. The molecule has 0 radical (unpaired) electrons. The van der Waals surface area contributed by atoms with E-state index in [1.54, 1.807) is 22.7 Å². The van der Waals surface area contributed by atoms with Crippen LogP contribution in [-0.2, 0) is 0 Å². The second-order valence-corrected chi connectivity index (χ2v) is 7.36. The zero-order valence-corrected chi connectivity index (χ0v) is 15.0. The number of aromatic nitrogens is 3. The number of thiazole rings is 1. The lowest BCUT2D eigenvalue weighted by atomic mass is 10.1. The maximum Gasteiger partial charge on any atom is 0.139 e. The van der Waals surface area contributed by atoms with Crippen LogP contribution in [0.4, 0.5) is 5.82 Å². The zero-order valence-electron chi connectivity index (χ0n) is 13.4. The summed E-state index contributed by atoms with van der Waals surface area (Å²) in [4.78, 5) is 15.7. The Morgan fingerprint density at radius 1 is 1.08 bits per heavy atom. The van der Waals surface area contributed by atoms with Crippen molar-refractivity contribution in [3.63, 3.8) is 0 Å². The average Bonchev–Trinajstić information content (AvgIpc) is 3.25. The molecule has 0 unspecified atom stereocenters. The molecule has 4 aromatic rings. The smallest absolute Gasteiger partial charge is 0.139 e. The summed E-state index contributed by atoms with van der Waals surface area (Å²) in [5.41, 5.74) is 4.22. The Morgan fingerprint density at radius 2 is 1.92 bits per heavy atom. The van der Waals surface area contributed by atoms with E-state index in [0.29, 0.717) is 0 Å². The number of benzene rings is 1. The molecule has 4 rings (SSSR count). The Hall–Kier alpha value is -2.31. The SMILES string of the molecule is Cc1nc(N[C@@H](C)c2cncs2)c2c(-c3ccccc3)csc2n1. The first-order chi connectivity index (χ1) is 11.7. The third-order valence-corrected chi connectivity index (χ3v) is 5.69. The van der Waals surface area contributed by atoms with Crippen LogP contribution in [0.3, 0.4) is 0 Å². The Bertz CT molecular complexity index is 962. The molecule has 0 saturated heterocycles. The number of aryl methyl sites for hydroxylation is 1. The molecule has 0 fully saturated rings. The van der Waals surface area contributed by atoms with Crippen molar-refractivity contribution in [2.24, 2.45) is 0 Å². The normalized spacial score (nSPS) is 12.4. The number of thiophene rings is 1. The predicted molar refractivity (Wildman–Crippen MR) is 102 cm³/mol. The fourth-order valence-electron chi connectivity index (χ4n) is 2.70. The van der Waals surface area contributed by atoms with E-state index < -0.39 is 0 Å². The first kappa shape index (κ1) is 15.2. The van der Waals surface area contributed by atoms with Gasteiger partial charge in [-0.3, -0.25) is 4.98 Å². The molecule has 0 saturated carbocycles. The molecule has 0 bridgehead atoms. The minimum absolute atomic E-state index is 0.151. The van der Waals surface area contributed by atoms with Crippen LogP contribution in [0.5, 0.6) is 0 Å². The van der Waals surface area contributed by atoms with E-state index >= 15 is 0 Å². The second kappa shape index (κ2) is 6.30. The first-order valence-electron chi connectivity index (χ1n) is 7.68. The highest BCUT2D eigenvalue weighted by Crippen LogP contribution is 2.38. The van der Waals surface area contributed by atoms with Crippen molar-refractivity contribution in [1.82, 2.24) is 15.0 Å². The molecule has 3 heterocycles. The van der Waals surface area contributed by atoms with Crippen LogP contribution in [0.25, 0.3) is 21.3 Å². The molecular weight excluding hydrogens is 336 g/mol. The maximum absolute atomic E-state index is 4.68. The van der Waals surface area contributed by atoms with Crippen LogP contribution < -0.4 is 5.32 Å². The highest BCUT2D eigenvalue weighted by atomic mass is 32.1. The Balaban J connectivity index is 1.83. The van der Waals surface area contributed by atoms with E-state index in [4.69, 9.17) is 0 Å². The number of nitrogens with zero attached hydrogens (tertiary/aromatic N) is 3. The topological polar surface area (TPSA) is 50.7 Å². The van der Waals surface area contributed by atoms with E-state index in [1.807, 2.05) is 24.7 Å². The molecule has 120 valence electrons. The van der Waals surface area contributed by atoms with Crippen LogP contribution in [0, 0.1) is 6.92 Å². The minimum Gasteiger partial charge on any atom is -0.362 e. The molecule has 3 aromatic heterocycles. The summed E-state index contributed by atoms with van der Waals surface area (Å²) >= 11 is 3.31. The summed E-state index contributed by atoms with van der Waals surface area (Å²) < 4.78 is 0. The maximum atomic E-state index is 4.68.